The largest absolute Gasteiger partial charge is 0.481 e. The van der Waals surface area contributed by atoms with E-state index in [4.69, 9.17) is 9.84 Å². The minimum absolute atomic E-state index is 0.0486. The third-order valence-corrected chi connectivity index (χ3v) is 5.18. The minimum atomic E-state index is -0.722. The van der Waals surface area contributed by atoms with Gasteiger partial charge in [0, 0.05) is 24.6 Å². The van der Waals surface area contributed by atoms with E-state index < -0.39 is 5.97 Å². The number of rotatable bonds is 4. The Morgan fingerprint density at radius 2 is 1.76 bits per heavy atom. The third kappa shape index (κ3) is 3.48. The van der Waals surface area contributed by atoms with Crippen molar-refractivity contribution in [3.63, 3.8) is 0 Å². The predicted octanol–water partition coefficient (Wildman–Crippen LogP) is 1.74. The molecular formula is C15H26N2O4. The van der Waals surface area contributed by atoms with E-state index in [9.17, 15) is 9.59 Å². The van der Waals surface area contributed by atoms with Gasteiger partial charge in [-0.2, -0.15) is 0 Å². The van der Waals surface area contributed by atoms with Gasteiger partial charge in [-0.25, -0.2) is 4.79 Å². The second-order valence-electron chi connectivity index (χ2n) is 6.84. The van der Waals surface area contributed by atoms with Crippen molar-refractivity contribution in [1.29, 1.82) is 0 Å². The smallest absolute Gasteiger partial charge is 0.315 e. The van der Waals surface area contributed by atoms with Crippen LogP contribution >= 0.6 is 0 Å². The summed E-state index contributed by atoms with van der Waals surface area (Å²) in [5, 5.41) is 14.9. The van der Waals surface area contributed by atoms with E-state index in [1.807, 2.05) is 0 Å². The van der Waals surface area contributed by atoms with Gasteiger partial charge in [-0.1, -0.05) is 13.8 Å². The molecule has 6 nitrogen and oxygen atoms in total. The van der Waals surface area contributed by atoms with Crippen molar-refractivity contribution in [2.45, 2.75) is 64.1 Å². The maximum absolute atomic E-state index is 12.0. The van der Waals surface area contributed by atoms with Crippen molar-refractivity contribution in [2.75, 3.05) is 7.11 Å². The van der Waals surface area contributed by atoms with Gasteiger partial charge in [-0.15, -0.1) is 0 Å². The van der Waals surface area contributed by atoms with Crippen molar-refractivity contribution >= 4 is 12.0 Å². The molecule has 2 rings (SSSR count). The molecule has 0 aliphatic heterocycles. The zero-order valence-corrected chi connectivity index (χ0v) is 13.0. The van der Waals surface area contributed by atoms with Gasteiger partial charge in [0.1, 0.15) is 0 Å². The fourth-order valence-corrected chi connectivity index (χ4v) is 3.40. The van der Waals surface area contributed by atoms with Gasteiger partial charge in [0.2, 0.25) is 0 Å². The van der Waals surface area contributed by atoms with Gasteiger partial charge < -0.3 is 20.5 Å². The molecule has 2 saturated carbocycles. The van der Waals surface area contributed by atoms with Crippen LogP contribution in [0.3, 0.4) is 0 Å². The summed E-state index contributed by atoms with van der Waals surface area (Å²) in [4.78, 5) is 22.9. The van der Waals surface area contributed by atoms with Gasteiger partial charge in [-0.3, -0.25) is 4.79 Å². The minimum Gasteiger partial charge on any atom is -0.481 e. The molecule has 2 atom stereocenters. The summed E-state index contributed by atoms with van der Waals surface area (Å²) >= 11 is 0. The van der Waals surface area contributed by atoms with Crippen molar-refractivity contribution in [3.8, 4) is 0 Å². The molecule has 2 aliphatic rings. The van der Waals surface area contributed by atoms with Gasteiger partial charge in [0.15, 0.2) is 0 Å². The SMILES string of the molecule is COC1CC(NC(=O)NC2CCC(C(=O)O)CC2)C1(C)C. The molecule has 21 heavy (non-hydrogen) atoms. The molecule has 0 saturated heterocycles. The van der Waals surface area contributed by atoms with Crippen LogP contribution in [0, 0.1) is 11.3 Å². The molecule has 0 aromatic heterocycles. The lowest BCUT2D eigenvalue weighted by molar-refractivity contribution is -0.142. The van der Waals surface area contributed by atoms with Crippen molar-refractivity contribution in [2.24, 2.45) is 11.3 Å². The summed E-state index contributed by atoms with van der Waals surface area (Å²) in [7, 11) is 1.70. The van der Waals surface area contributed by atoms with Crippen molar-refractivity contribution in [3.05, 3.63) is 0 Å². The average Bonchev–Trinajstić information content (AvgIpc) is 2.43. The Bertz CT molecular complexity index is 402. The van der Waals surface area contributed by atoms with Crippen LogP contribution < -0.4 is 10.6 Å². The van der Waals surface area contributed by atoms with Crippen LogP contribution in [-0.4, -0.2) is 42.4 Å². The first-order chi connectivity index (χ1) is 9.84. The normalized spacial score (nSPS) is 34.6. The number of carbonyl (C=O) groups is 2. The summed E-state index contributed by atoms with van der Waals surface area (Å²) in [5.74, 6) is -0.973. The number of aliphatic carboxylic acids is 1. The van der Waals surface area contributed by atoms with E-state index in [0.717, 1.165) is 19.3 Å². The zero-order valence-electron chi connectivity index (χ0n) is 13.0. The van der Waals surface area contributed by atoms with Crippen LogP contribution in [0.4, 0.5) is 4.79 Å². The highest BCUT2D eigenvalue weighted by atomic mass is 16.5. The highest BCUT2D eigenvalue weighted by Gasteiger charge is 2.49. The lowest BCUT2D eigenvalue weighted by Gasteiger charge is -2.51. The first kappa shape index (κ1) is 16.1. The first-order valence-electron chi connectivity index (χ1n) is 7.67. The second-order valence-corrected chi connectivity index (χ2v) is 6.84. The van der Waals surface area contributed by atoms with E-state index in [2.05, 4.69) is 24.5 Å². The molecular weight excluding hydrogens is 272 g/mol. The highest BCUT2D eigenvalue weighted by molar-refractivity contribution is 5.75. The number of ether oxygens (including phenoxy) is 1. The fraction of sp³-hybridized carbons (Fsp3) is 0.867. The number of hydrogen-bond acceptors (Lipinski definition) is 3. The summed E-state index contributed by atoms with van der Waals surface area (Å²) in [6.07, 6.45) is 3.77. The summed E-state index contributed by atoms with van der Waals surface area (Å²) in [5.41, 5.74) is -0.0486. The monoisotopic (exact) mass is 298 g/mol. The molecule has 0 spiro atoms. The predicted molar refractivity (Wildman–Crippen MR) is 78.0 cm³/mol. The molecule has 0 aromatic rings. The van der Waals surface area contributed by atoms with Crippen LogP contribution in [-0.2, 0) is 9.53 Å². The van der Waals surface area contributed by atoms with Crippen molar-refractivity contribution in [1.82, 2.24) is 10.6 Å². The quantitative estimate of drug-likeness (QED) is 0.738. The number of urea groups is 1. The third-order valence-electron chi connectivity index (χ3n) is 5.18. The van der Waals surface area contributed by atoms with E-state index in [1.54, 1.807) is 7.11 Å². The van der Waals surface area contributed by atoms with Crippen LogP contribution in [0.1, 0.15) is 46.0 Å². The number of carbonyl (C=O) groups excluding carboxylic acids is 1. The van der Waals surface area contributed by atoms with E-state index in [1.165, 1.54) is 0 Å². The molecule has 120 valence electrons. The topological polar surface area (TPSA) is 87.7 Å². The number of methoxy groups -OCH3 is 1. The Hall–Kier alpha value is -1.30. The second kappa shape index (κ2) is 6.22. The number of nitrogens with one attached hydrogen (secondary N) is 2. The van der Waals surface area contributed by atoms with Crippen LogP contribution in [0.5, 0.6) is 0 Å². The maximum Gasteiger partial charge on any atom is 0.315 e. The standard InChI is InChI=1S/C15H26N2O4/c1-15(2)11(8-12(15)21-3)17-14(20)16-10-6-4-9(5-7-10)13(18)19/h9-12H,4-8H2,1-3H3,(H,18,19)(H2,16,17,20). The summed E-state index contributed by atoms with van der Waals surface area (Å²) < 4.78 is 5.37. The summed E-state index contributed by atoms with van der Waals surface area (Å²) in [6, 6.07) is 0.0567. The Labute approximate surface area is 125 Å². The lowest BCUT2D eigenvalue weighted by atomic mass is 9.64. The Balaban J connectivity index is 1.73. The molecule has 2 unspecified atom stereocenters. The van der Waals surface area contributed by atoms with E-state index >= 15 is 0 Å². The lowest BCUT2D eigenvalue weighted by Crippen LogP contribution is -2.63. The first-order valence-corrected chi connectivity index (χ1v) is 7.67. The molecule has 2 fully saturated rings. The average molecular weight is 298 g/mol. The number of hydrogen-bond donors (Lipinski definition) is 3. The van der Waals surface area contributed by atoms with Gasteiger partial charge in [-0.05, 0) is 32.1 Å². The molecule has 2 aliphatic carbocycles. The van der Waals surface area contributed by atoms with Gasteiger partial charge in [0.05, 0.1) is 12.0 Å². The fourth-order valence-electron chi connectivity index (χ4n) is 3.40. The Kier molecular flexibility index (Phi) is 4.76. The van der Waals surface area contributed by atoms with Crippen LogP contribution in [0.25, 0.3) is 0 Å². The zero-order chi connectivity index (χ0) is 15.6. The van der Waals surface area contributed by atoms with Gasteiger partial charge >= 0.3 is 12.0 Å². The highest BCUT2D eigenvalue weighted by Crippen LogP contribution is 2.42. The molecule has 2 amide bonds. The Morgan fingerprint density at radius 1 is 1.14 bits per heavy atom. The Morgan fingerprint density at radius 3 is 2.24 bits per heavy atom. The molecule has 0 heterocycles. The summed E-state index contributed by atoms with van der Waals surface area (Å²) in [6.45, 7) is 4.18. The van der Waals surface area contributed by atoms with E-state index in [0.29, 0.717) is 12.8 Å². The number of carboxylic acid groups (broad SMARTS) is 1. The van der Waals surface area contributed by atoms with Crippen LogP contribution in [0.2, 0.25) is 0 Å². The number of carboxylic acids is 1. The van der Waals surface area contributed by atoms with Crippen molar-refractivity contribution < 1.29 is 19.4 Å². The molecule has 0 radical (unpaired) electrons. The molecule has 3 N–H and O–H groups in total. The molecule has 0 aromatic carbocycles. The molecule has 0 bridgehead atoms. The number of amides is 2. The van der Waals surface area contributed by atoms with Gasteiger partial charge in [0.25, 0.3) is 0 Å². The maximum atomic E-state index is 12.0. The molecule has 6 heteroatoms. The van der Waals surface area contributed by atoms with Crippen LogP contribution in [0.15, 0.2) is 0 Å². The van der Waals surface area contributed by atoms with E-state index in [-0.39, 0.29) is 35.6 Å².